The zero-order valence-electron chi connectivity index (χ0n) is 17.0. The average molecular weight is 390 g/mol. The molecule has 5 heteroatoms. The van der Waals surface area contributed by atoms with E-state index in [0.717, 1.165) is 29.0 Å². The lowest BCUT2D eigenvalue weighted by molar-refractivity contribution is 0.120. The van der Waals surface area contributed by atoms with Crippen molar-refractivity contribution in [1.29, 1.82) is 0 Å². The molecule has 29 heavy (non-hydrogen) atoms. The van der Waals surface area contributed by atoms with E-state index in [2.05, 4.69) is 48.5 Å². The van der Waals surface area contributed by atoms with Crippen molar-refractivity contribution in [3.63, 3.8) is 0 Å². The standard InChI is InChI=1S/C24H26N2O3/c1-16(14-18-10-6-4-7-11-18)22-21(17(2)26-29-22)24-25-20(15-27-3)23(28-24)19-12-8-5-9-13-19/h4-13,16,20,23H,14-15H2,1-3H3/t16-,20+,23+/m1/s1. The Hall–Kier alpha value is -2.92. The van der Waals surface area contributed by atoms with Crippen molar-refractivity contribution in [1.82, 2.24) is 5.16 Å². The highest BCUT2D eigenvalue weighted by atomic mass is 16.5. The zero-order chi connectivity index (χ0) is 20.2. The first kappa shape index (κ1) is 19.4. The fourth-order valence-electron chi connectivity index (χ4n) is 3.84. The number of benzene rings is 2. The highest BCUT2D eigenvalue weighted by molar-refractivity contribution is 5.97. The van der Waals surface area contributed by atoms with Crippen LogP contribution in [0.5, 0.6) is 0 Å². The van der Waals surface area contributed by atoms with Crippen LogP contribution in [0.3, 0.4) is 0 Å². The van der Waals surface area contributed by atoms with Gasteiger partial charge in [0, 0.05) is 13.0 Å². The van der Waals surface area contributed by atoms with Gasteiger partial charge in [-0.25, -0.2) is 4.99 Å². The van der Waals surface area contributed by atoms with Gasteiger partial charge in [0.2, 0.25) is 5.90 Å². The van der Waals surface area contributed by atoms with Crippen LogP contribution in [0.2, 0.25) is 0 Å². The lowest BCUT2D eigenvalue weighted by Crippen LogP contribution is -2.19. The molecule has 0 radical (unpaired) electrons. The van der Waals surface area contributed by atoms with Gasteiger partial charge in [-0.05, 0) is 24.5 Å². The van der Waals surface area contributed by atoms with Gasteiger partial charge in [-0.1, -0.05) is 72.7 Å². The van der Waals surface area contributed by atoms with Crippen LogP contribution in [0, 0.1) is 6.92 Å². The number of aliphatic imine (C=N–C) groups is 1. The minimum absolute atomic E-state index is 0.107. The molecule has 0 fully saturated rings. The Kier molecular flexibility index (Phi) is 5.76. The minimum Gasteiger partial charge on any atom is -0.467 e. The van der Waals surface area contributed by atoms with Crippen molar-refractivity contribution < 1.29 is 14.0 Å². The van der Waals surface area contributed by atoms with Crippen molar-refractivity contribution in [2.75, 3.05) is 13.7 Å². The predicted molar refractivity (Wildman–Crippen MR) is 112 cm³/mol. The number of rotatable bonds is 7. The Labute approximate surface area is 171 Å². The quantitative estimate of drug-likeness (QED) is 0.578. The summed E-state index contributed by atoms with van der Waals surface area (Å²) in [5, 5.41) is 4.23. The normalized spacial score (nSPS) is 19.6. The Morgan fingerprint density at radius 1 is 1.03 bits per heavy atom. The second kappa shape index (κ2) is 8.62. The summed E-state index contributed by atoms with van der Waals surface area (Å²) in [6, 6.07) is 20.4. The van der Waals surface area contributed by atoms with Gasteiger partial charge < -0.3 is 14.0 Å². The molecule has 150 valence electrons. The van der Waals surface area contributed by atoms with Crippen LogP contribution in [0.4, 0.5) is 0 Å². The van der Waals surface area contributed by atoms with Gasteiger partial charge >= 0.3 is 0 Å². The molecule has 4 rings (SSSR count). The molecule has 5 nitrogen and oxygen atoms in total. The summed E-state index contributed by atoms with van der Waals surface area (Å²) in [6.45, 7) is 4.57. The first-order valence-corrected chi connectivity index (χ1v) is 9.96. The van der Waals surface area contributed by atoms with Crippen LogP contribution in [-0.4, -0.2) is 30.8 Å². The molecular formula is C24H26N2O3. The van der Waals surface area contributed by atoms with Crippen LogP contribution in [-0.2, 0) is 15.9 Å². The predicted octanol–water partition coefficient (Wildman–Crippen LogP) is 4.86. The molecule has 1 aromatic heterocycles. The number of nitrogens with zero attached hydrogens (tertiary/aromatic N) is 2. The third-order valence-corrected chi connectivity index (χ3v) is 5.27. The second-order valence-electron chi connectivity index (χ2n) is 7.50. The van der Waals surface area contributed by atoms with Gasteiger partial charge in [-0.15, -0.1) is 0 Å². The van der Waals surface area contributed by atoms with Crippen molar-refractivity contribution in [2.45, 2.75) is 38.3 Å². The number of aryl methyl sites for hydroxylation is 1. The van der Waals surface area contributed by atoms with Crippen LogP contribution >= 0.6 is 0 Å². The molecule has 2 heterocycles. The van der Waals surface area contributed by atoms with Crippen molar-refractivity contribution in [2.24, 2.45) is 4.99 Å². The molecule has 0 spiro atoms. The fraction of sp³-hybridized carbons (Fsp3) is 0.333. The van der Waals surface area contributed by atoms with E-state index in [-0.39, 0.29) is 18.1 Å². The van der Waals surface area contributed by atoms with E-state index in [1.165, 1.54) is 5.56 Å². The molecule has 3 atom stereocenters. The summed E-state index contributed by atoms with van der Waals surface area (Å²) < 4.78 is 17.5. The van der Waals surface area contributed by atoms with E-state index in [9.17, 15) is 0 Å². The largest absolute Gasteiger partial charge is 0.467 e. The van der Waals surface area contributed by atoms with Crippen LogP contribution in [0.25, 0.3) is 0 Å². The summed E-state index contributed by atoms with van der Waals surface area (Å²) in [4.78, 5) is 4.86. The van der Waals surface area contributed by atoms with E-state index in [0.29, 0.717) is 12.5 Å². The summed E-state index contributed by atoms with van der Waals surface area (Å²) in [6.07, 6.45) is 0.678. The summed E-state index contributed by atoms with van der Waals surface area (Å²) in [5.74, 6) is 1.56. The Morgan fingerprint density at radius 3 is 2.41 bits per heavy atom. The Balaban J connectivity index is 1.63. The van der Waals surface area contributed by atoms with Gasteiger partial charge in [-0.2, -0.15) is 0 Å². The number of methoxy groups -OCH3 is 1. The molecule has 0 saturated heterocycles. The molecular weight excluding hydrogens is 364 g/mol. The molecule has 0 aliphatic carbocycles. The zero-order valence-corrected chi connectivity index (χ0v) is 17.0. The number of ether oxygens (including phenoxy) is 2. The molecule has 1 aliphatic heterocycles. The average Bonchev–Trinajstić information content (AvgIpc) is 3.33. The first-order chi connectivity index (χ1) is 14.2. The maximum absolute atomic E-state index is 6.35. The number of hydrogen-bond acceptors (Lipinski definition) is 5. The van der Waals surface area contributed by atoms with E-state index >= 15 is 0 Å². The molecule has 0 saturated carbocycles. The molecule has 0 bridgehead atoms. The molecule has 1 aliphatic rings. The van der Waals surface area contributed by atoms with Gasteiger partial charge in [0.15, 0.2) is 11.9 Å². The molecule has 3 aromatic rings. The SMILES string of the molecule is COC[C@@H]1N=C(c2c(C)noc2[C@H](C)Cc2ccccc2)O[C@H]1c1ccccc1. The summed E-state index contributed by atoms with van der Waals surface area (Å²) in [7, 11) is 1.69. The van der Waals surface area contributed by atoms with E-state index in [4.69, 9.17) is 19.0 Å². The number of hydrogen-bond donors (Lipinski definition) is 0. The highest BCUT2D eigenvalue weighted by Crippen LogP contribution is 2.35. The maximum atomic E-state index is 6.35. The lowest BCUT2D eigenvalue weighted by atomic mass is 9.95. The molecule has 0 N–H and O–H groups in total. The monoisotopic (exact) mass is 390 g/mol. The van der Waals surface area contributed by atoms with Gasteiger partial charge in [0.1, 0.15) is 11.6 Å². The molecule has 2 aromatic carbocycles. The van der Waals surface area contributed by atoms with Crippen LogP contribution in [0.1, 0.15) is 47.1 Å². The van der Waals surface area contributed by atoms with Gasteiger partial charge in [-0.3, -0.25) is 0 Å². The Morgan fingerprint density at radius 2 is 1.72 bits per heavy atom. The third-order valence-electron chi connectivity index (χ3n) is 5.27. The van der Waals surface area contributed by atoms with Crippen molar-refractivity contribution >= 4 is 5.90 Å². The van der Waals surface area contributed by atoms with E-state index in [1.807, 2.05) is 31.2 Å². The molecule has 0 amide bonds. The van der Waals surface area contributed by atoms with E-state index in [1.54, 1.807) is 7.11 Å². The van der Waals surface area contributed by atoms with Crippen LogP contribution < -0.4 is 0 Å². The highest BCUT2D eigenvalue weighted by Gasteiger charge is 2.36. The van der Waals surface area contributed by atoms with Crippen molar-refractivity contribution in [3.8, 4) is 0 Å². The van der Waals surface area contributed by atoms with Crippen LogP contribution in [0.15, 0.2) is 70.2 Å². The lowest BCUT2D eigenvalue weighted by Gasteiger charge is -2.17. The fourth-order valence-corrected chi connectivity index (χ4v) is 3.84. The third kappa shape index (κ3) is 4.10. The first-order valence-electron chi connectivity index (χ1n) is 9.96. The number of aromatic nitrogens is 1. The van der Waals surface area contributed by atoms with Gasteiger partial charge in [0.05, 0.1) is 12.3 Å². The van der Waals surface area contributed by atoms with Crippen molar-refractivity contribution in [3.05, 3.63) is 88.8 Å². The van der Waals surface area contributed by atoms with E-state index < -0.39 is 0 Å². The summed E-state index contributed by atoms with van der Waals surface area (Å²) >= 11 is 0. The topological polar surface area (TPSA) is 56.9 Å². The maximum Gasteiger partial charge on any atom is 0.222 e. The second-order valence-corrected chi connectivity index (χ2v) is 7.50. The Bertz CT molecular complexity index is 966. The summed E-state index contributed by atoms with van der Waals surface area (Å²) in [5.41, 5.74) is 4.01. The molecule has 0 unspecified atom stereocenters. The van der Waals surface area contributed by atoms with Gasteiger partial charge in [0.25, 0.3) is 0 Å². The minimum atomic E-state index is -0.183. The smallest absolute Gasteiger partial charge is 0.222 e.